The lowest BCUT2D eigenvalue weighted by molar-refractivity contribution is -0.140. The molecule has 0 radical (unpaired) electrons. The Morgan fingerprint density at radius 3 is 2.40 bits per heavy atom. The SMILES string of the molecule is CC(C)(C)OC(=O)N1CCCC1[C@@H](NC(=O)OCc1ccccc1)c1ccc(C(F)(F)F)c(F)c1. The molecule has 1 N–H and O–H groups in total. The van der Waals surface area contributed by atoms with E-state index in [9.17, 15) is 27.2 Å². The highest BCUT2D eigenvalue weighted by molar-refractivity contribution is 5.70. The fraction of sp³-hybridized carbons (Fsp3) is 0.440. The van der Waals surface area contributed by atoms with E-state index in [2.05, 4.69) is 5.32 Å². The lowest BCUT2D eigenvalue weighted by atomic mass is 9.96. The summed E-state index contributed by atoms with van der Waals surface area (Å²) in [4.78, 5) is 26.8. The number of carbonyl (C=O) groups excluding carboxylic acids is 2. The third kappa shape index (κ3) is 7.10. The van der Waals surface area contributed by atoms with Crippen molar-refractivity contribution in [1.29, 1.82) is 0 Å². The molecular weight excluding hydrogens is 468 g/mol. The fourth-order valence-electron chi connectivity index (χ4n) is 3.93. The number of likely N-dealkylation sites (tertiary alicyclic amines) is 1. The van der Waals surface area contributed by atoms with Crippen LogP contribution in [0.5, 0.6) is 0 Å². The first kappa shape index (κ1) is 26.3. The van der Waals surface area contributed by atoms with Crippen molar-refractivity contribution < 1.29 is 36.6 Å². The zero-order chi connectivity index (χ0) is 25.8. The van der Waals surface area contributed by atoms with Gasteiger partial charge in [0.15, 0.2) is 0 Å². The van der Waals surface area contributed by atoms with Crippen LogP contribution in [0.3, 0.4) is 0 Å². The van der Waals surface area contributed by atoms with E-state index in [1.807, 2.05) is 6.07 Å². The van der Waals surface area contributed by atoms with Crippen molar-refractivity contribution in [3.8, 4) is 0 Å². The van der Waals surface area contributed by atoms with Crippen LogP contribution in [0.4, 0.5) is 27.2 Å². The molecule has 6 nitrogen and oxygen atoms in total. The Bertz CT molecular complexity index is 1040. The molecule has 2 amide bonds. The Morgan fingerprint density at radius 1 is 1.11 bits per heavy atom. The predicted octanol–water partition coefficient (Wildman–Crippen LogP) is 6.21. The first-order chi connectivity index (χ1) is 16.3. The van der Waals surface area contributed by atoms with Crippen LogP contribution in [0.2, 0.25) is 0 Å². The number of halogens is 4. The Balaban J connectivity index is 1.87. The standard InChI is InChI=1S/C25H28F4N2O4/c1-24(2,3)35-23(33)31-13-7-10-20(31)21(17-11-12-18(19(26)14-17)25(27,28)29)30-22(32)34-15-16-8-5-4-6-9-16/h4-6,8-9,11-12,14,20-21H,7,10,13,15H2,1-3H3,(H,30,32)/t20?,21-/m0/s1. The van der Waals surface area contributed by atoms with Gasteiger partial charge >= 0.3 is 18.4 Å². The number of carbonyl (C=O) groups is 2. The molecule has 35 heavy (non-hydrogen) atoms. The number of alkyl carbamates (subject to hydrolysis) is 1. The minimum atomic E-state index is -4.87. The van der Waals surface area contributed by atoms with Gasteiger partial charge in [-0.1, -0.05) is 36.4 Å². The van der Waals surface area contributed by atoms with Crippen molar-refractivity contribution in [2.45, 2.75) is 64.1 Å². The van der Waals surface area contributed by atoms with E-state index >= 15 is 0 Å². The Morgan fingerprint density at radius 2 is 1.80 bits per heavy atom. The average Bonchev–Trinajstić information content (AvgIpc) is 3.24. The van der Waals surface area contributed by atoms with Crippen molar-refractivity contribution in [2.24, 2.45) is 0 Å². The Hall–Kier alpha value is -3.30. The highest BCUT2D eigenvalue weighted by atomic mass is 19.4. The number of nitrogens with zero attached hydrogens (tertiary/aromatic N) is 1. The summed E-state index contributed by atoms with van der Waals surface area (Å²) in [6, 6.07) is 9.65. The van der Waals surface area contributed by atoms with Gasteiger partial charge in [-0.15, -0.1) is 0 Å². The molecule has 1 unspecified atom stereocenters. The van der Waals surface area contributed by atoms with E-state index in [1.165, 1.54) is 4.90 Å². The molecule has 1 aliphatic rings. The summed E-state index contributed by atoms with van der Waals surface area (Å²) in [6.07, 6.45) is -5.35. The summed E-state index contributed by atoms with van der Waals surface area (Å²) in [6.45, 7) is 5.40. The molecule has 1 saturated heterocycles. The van der Waals surface area contributed by atoms with E-state index in [-0.39, 0.29) is 12.2 Å². The monoisotopic (exact) mass is 496 g/mol. The van der Waals surface area contributed by atoms with Gasteiger partial charge in [0.05, 0.1) is 17.6 Å². The molecule has 3 rings (SSSR count). The van der Waals surface area contributed by atoms with E-state index in [0.29, 0.717) is 25.5 Å². The Labute approximate surface area is 201 Å². The second kappa shape index (κ2) is 10.5. The Kier molecular flexibility index (Phi) is 7.92. The van der Waals surface area contributed by atoms with Crippen molar-refractivity contribution in [3.05, 3.63) is 71.0 Å². The molecule has 10 heteroatoms. The zero-order valence-corrected chi connectivity index (χ0v) is 19.7. The quantitative estimate of drug-likeness (QED) is 0.500. The van der Waals surface area contributed by atoms with Gasteiger partial charge < -0.3 is 19.7 Å². The molecule has 190 valence electrons. The molecule has 0 saturated carbocycles. The fourth-order valence-corrected chi connectivity index (χ4v) is 3.93. The van der Waals surface area contributed by atoms with E-state index in [0.717, 1.165) is 17.7 Å². The van der Waals surface area contributed by atoms with Gasteiger partial charge in [-0.25, -0.2) is 14.0 Å². The average molecular weight is 497 g/mol. The van der Waals surface area contributed by atoms with Gasteiger partial charge in [-0.05, 0) is 56.9 Å². The summed E-state index contributed by atoms with van der Waals surface area (Å²) >= 11 is 0. The molecule has 1 heterocycles. The third-order valence-corrected chi connectivity index (χ3v) is 5.46. The largest absolute Gasteiger partial charge is 0.445 e. The molecule has 0 bridgehead atoms. The molecule has 2 atom stereocenters. The topological polar surface area (TPSA) is 67.9 Å². The van der Waals surface area contributed by atoms with Crippen molar-refractivity contribution in [2.75, 3.05) is 6.54 Å². The van der Waals surface area contributed by atoms with Gasteiger partial charge in [0.2, 0.25) is 0 Å². The molecular formula is C25H28F4N2O4. The van der Waals surface area contributed by atoms with Crippen LogP contribution in [0.15, 0.2) is 48.5 Å². The highest BCUT2D eigenvalue weighted by Gasteiger charge is 2.40. The zero-order valence-electron chi connectivity index (χ0n) is 19.7. The minimum absolute atomic E-state index is 0.0405. The molecule has 1 fully saturated rings. The van der Waals surface area contributed by atoms with Crippen molar-refractivity contribution in [1.82, 2.24) is 10.2 Å². The number of hydrogen-bond donors (Lipinski definition) is 1. The normalized spacial score (nSPS) is 17.1. The summed E-state index contributed by atoms with van der Waals surface area (Å²) in [5.74, 6) is -1.47. The number of rotatable bonds is 5. The molecule has 0 spiro atoms. The highest BCUT2D eigenvalue weighted by Crippen LogP contribution is 2.35. The molecule has 2 aromatic carbocycles. The maximum absolute atomic E-state index is 14.4. The van der Waals surface area contributed by atoms with Gasteiger partial charge in [0, 0.05) is 6.54 Å². The van der Waals surface area contributed by atoms with Gasteiger partial charge in [-0.3, -0.25) is 0 Å². The summed E-state index contributed by atoms with van der Waals surface area (Å²) < 4.78 is 64.4. The third-order valence-electron chi connectivity index (χ3n) is 5.46. The van der Waals surface area contributed by atoms with Crippen LogP contribution in [0, 0.1) is 5.82 Å². The number of nitrogens with one attached hydrogen (secondary N) is 1. The molecule has 0 aliphatic carbocycles. The number of benzene rings is 2. The second-order valence-corrected chi connectivity index (χ2v) is 9.30. The van der Waals surface area contributed by atoms with Crippen LogP contribution in [0.25, 0.3) is 0 Å². The number of ether oxygens (including phenoxy) is 2. The lowest BCUT2D eigenvalue weighted by Gasteiger charge is -2.33. The first-order valence-corrected chi connectivity index (χ1v) is 11.2. The lowest BCUT2D eigenvalue weighted by Crippen LogP contribution is -2.47. The summed E-state index contributed by atoms with van der Waals surface area (Å²) in [5, 5.41) is 2.62. The van der Waals surface area contributed by atoms with Crippen LogP contribution >= 0.6 is 0 Å². The molecule has 1 aliphatic heterocycles. The first-order valence-electron chi connectivity index (χ1n) is 11.2. The van der Waals surface area contributed by atoms with Crippen LogP contribution in [-0.2, 0) is 22.3 Å². The van der Waals surface area contributed by atoms with Gasteiger partial charge in [-0.2, -0.15) is 13.2 Å². The van der Waals surface area contributed by atoms with Crippen LogP contribution in [0.1, 0.15) is 56.3 Å². The summed E-state index contributed by atoms with van der Waals surface area (Å²) in [7, 11) is 0. The van der Waals surface area contributed by atoms with Crippen molar-refractivity contribution >= 4 is 12.2 Å². The maximum atomic E-state index is 14.4. The number of alkyl halides is 3. The van der Waals surface area contributed by atoms with Crippen LogP contribution in [-0.4, -0.2) is 35.3 Å². The minimum Gasteiger partial charge on any atom is -0.445 e. The smallest absolute Gasteiger partial charge is 0.419 e. The van der Waals surface area contributed by atoms with Gasteiger partial charge in [0.25, 0.3) is 0 Å². The molecule has 0 aromatic heterocycles. The van der Waals surface area contributed by atoms with E-state index < -0.39 is 47.4 Å². The molecule has 2 aromatic rings. The number of amides is 2. The van der Waals surface area contributed by atoms with Crippen molar-refractivity contribution in [3.63, 3.8) is 0 Å². The van der Waals surface area contributed by atoms with E-state index in [4.69, 9.17) is 9.47 Å². The second-order valence-electron chi connectivity index (χ2n) is 9.30. The van der Waals surface area contributed by atoms with Gasteiger partial charge in [0.1, 0.15) is 18.0 Å². The summed E-state index contributed by atoms with van der Waals surface area (Å²) in [5.41, 5.74) is -1.38. The predicted molar refractivity (Wildman–Crippen MR) is 120 cm³/mol. The number of hydrogen-bond acceptors (Lipinski definition) is 4. The van der Waals surface area contributed by atoms with E-state index in [1.54, 1.807) is 45.0 Å². The van der Waals surface area contributed by atoms with Crippen LogP contribution < -0.4 is 5.32 Å². The maximum Gasteiger partial charge on any atom is 0.419 e.